The summed E-state index contributed by atoms with van der Waals surface area (Å²) in [7, 11) is 3.39. The standard InChI is InChI=1S/C21H22N2O2S.BrH/c1-24-17-7-3-15(4-8-17)13-19-20(23-11-12-26-21(23)22-19)14-16-5-9-18(25-2)10-6-16;/h3-10H,11-14H2,1-2H3;1H. The van der Waals surface area contributed by atoms with Crippen molar-refractivity contribution < 1.29 is 9.47 Å². The van der Waals surface area contributed by atoms with Crippen LogP contribution < -0.4 is 9.47 Å². The van der Waals surface area contributed by atoms with Gasteiger partial charge in [-0.05, 0) is 35.4 Å². The summed E-state index contributed by atoms with van der Waals surface area (Å²) in [6.07, 6.45) is 1.74. The van der Waals surface area contributed by atoms with E-state index in [1.54, 1.807) is 14.2 Å². The van der Waals surface area contributed by atoms with Gasteiger partial charge in [0, 0.05) is 30.8 Å². The molecule has 0 N–H and O–H groups in total. The Morgan fingerprint density at radius 1 is 0.889 bits per heavy atom. The third-order valence-corrected chi connectivity index (χ3v) is 5.68. The molecular weight excluding hydrogens is 424 g/mol. The molecule has 1 aliphatic rings. The number of hydrogen-bond donors (Lipinski definition) is 0. The van der Waals surface area contributed by atoms with Crippen LogP contribution in [0.15, 0.2) is 53.7 Å². The molecule has 1 aliphatic heterocycles. The molecule has 0 atom stereocenters. The lowest BCUT2D eigenvalue weighted by molar-refractivity contribution is 0.414. The molecule has 0 radical (unpaired) electrons. The summed E-state index contributed by atoms with van der Waals surface area (Å²) in [6.45, 7) is 1.04. The number of aromatic nitrogens is 2. The van der Waals surface area contributed by atoms with E-state index in [0.717, 1.165) is 41.8 Å². The average Bonchev–Trinajstić information content (AvgIpc) is 3.26. The van der Waals surface area contributed by atoms with E-state index in [-0.39, 0.29) is 17.0 Å². The van der Waals surface area contributed by atoms with Crippen molar-refractivity contribution in [2.45, 2.75) is 24.5 Å². The highest BCUT2D eigenvalue weighted by Gasteiger charge is 2.22. The molecule has 0 aliphatic carbocycles. The number of fused-ring (bicyclic) bond motifs is 1. The first-order valence-corrected chi connectivity index (χ1v) is 9.72. The Labute approximate surface area is 174 Å². The number of nitrogens with zero attached hydrogens (tertiary/aromatic N) is 2. The molecule has 0 fully saturated rings. The van der Waals surface area contributed by atoms with E-state index in [0.29, 0.717) is 0 Å². The number of hydrogen-bond acceptors (Lipinski definition) is 4. The lowest BCUT2D eigenvalue weighted by atomic mass is 10.0. The fraction of sp³-hybridized carbons (Fsp3) is 0.286. The normalized spacial score (nSPS) is 12.4. The zero-order valence-electron chi connectivity index (χ0n) is 15.5. The highest BCUT2D eigenvalue weighted by atomic mass is 79.9. The Morgan fingerprint density at radius 2 is 1.44 bits per heavy atom. The Balaban J connectivity index is 0.00000210. The van der Waals surface area contributed by atoms with Gasteiger partial charge in [0.1, 0.15) is 11.5 Å². The van der Waals surface area contributed by atoms with Crippen molar-refractivity contribution in [1.29, 1.82) is 0 Å². The summed E-state index contributed by atoms with van der Waals surface area (Å²) >= 11 is 1.85. The monoisotopic (exact) mass is 446 g/mol. The molecule has 4 rings (SSSR count). The number of rotatable bonds is 6. The highest BCUT2D eigenvalue weighted by molar-refractivity contribution is 8.93. The predicted molar refractivity (Wildman–Crippen MR) is 115 cm³/mol. The molecule has 0 unspecified atom stereocenters. The van der Waals surface area contributed by atoms with Gasteiger partial charge in [0.25, 0.3) is 0 Å². The Bertz CT molecular complexity index is 892. The topological polar surface area (TPSA) is 36.3 Å². The van der Waals surface area contributed by atoms with E-state index < -0.39 is 0 Å². The third-order valence-electron chi connectivity index (χ3n) is 4.73. The number of methoxy groups -OCH3 is 2. The van der Waals surface area contributed by atoms with Gasteiger partial charge in [0.05, 0.1) is 19.9 Å². The molecule has 0 saturated carbocycles. The van der Waals surface area contributed by atoms with Crippen LogP contribution in [0.4, 0.5) is 0 Å². The third kappa shape index (κ3) is 4.33. The summed E-state index contributed by atoms with van der Waals surface area (Å²) in [5, 5.41) is 1.15. The fourth-order valence-corrected chi connectivity index (χ4v) is 4.28. The molecule has 0 spiro atoms. The van der Waals surface area contributed by atoms with Crippen molar-refractivity contribution in [3.8, 4) is 11.5 Å². The van der Waals surface area contributed by atoms with Crippen molar-refractivity contribution in [2.24, 2.45) is 0 Å². The zero-order valence-corrected chi connectivity index (χ0v) is 18.0. The summed E-state index contributed by atoms with van der Waals surface area (Å²) in [5.74, 6) is 2.89. The molecule has 4 nitrogen and oxygen atoms in total. The first-order chi connectivity index (χ1) is 12.8. The van der Waals surface area contributed by atoms with E-state index in [1.807, 2.05) is 36.0 Å². The second-order valence-electron chi connectivity index (χ2n) is 6.34. The van der Waals surface area contributed by atoms with Crippen LogP contribution in [0, 0.1) is 0 Å². The number of benzene rings is 2. The van der Waals surface area contributed by atoms with Crippen molar-refractivity contribution in [2.75, 3.05) is 20.0 Å². The van der Waals surface area contributed by atoms with Crippen molar-refractivity contribution in [3.63, 3.8) is 0 Å². The maximum absolute atomic E-state index is 5.27. The molecule has 2 heterocycles. The summed E-state index contributed by atoms with van der Waals surface area (Å²) < 4.78 is 12.9. The van der Waals surface area contributed by atoms with Gasteiger partial charge in [0.15, 0.2) is 5.16 Å². The lowest BCUT2D eigenvalue weighted by Gasteiger charge is -2.09. The predicted octanol–water partition coefficient (Wildman–Crippen LogP) is 4.77. The van der Waals surface area contributed by atoms with Crippen LogP contribution in [-0.4, -0.2) is 29.5 Å². The number of ether oxygens (including phenoxy) is 2. The Kier molecular flexibility index (Phi) is 6.50. The van der Waals surface area contributed by atoms with Crippen molar-refractivity contribution in [1.82, 2.24) is 9.55 Å². The van der Waals surface area contributed by atoms with Crippen LogP contribution in [0.1, 0.15) is 22.5 Å². The molecule has 0 saturated heterocycles. The highest BCUT2D eigenvalue weighted by Crippen LogP contribution is 2.31. The summed E-state index contributed by atoms with van der Waals surface area (Å²) in [5.41, 5.74) is 5.03. The maximum Gasteiger partial charge on any atom is 0.168 e. The van der Waals surface area contributed by atoms with E-state index >= 15 is 0 Å². The van der Waals surface area contributed by atoms with E-state index in [1.165, 1.54) is 22.5 Å². The van der Waals surface area contributed by atoms with Crippen molar-refractivity contribution in [3.05, 3.63) is 71.0 Å². The van der Waals surface area contributed by atoms with Crippen molar-refractivity contribution >= 4 is 28.7 Å². The zero-order chi connectivity index (χ0) is 17.9. The van der Waals surface area contributed by atoms with Gasteiger partial charge in [0.2, 0.25) is 0 Å². The Hall–Kier alpha value is -1.92. The molecule has 1 aromatic heterocycles. The molecule has 2 aromatic carbocycles. The van der Waals surface area contributed by atoms with Gasteiger partial charge in [-0.25, -0.2) is 4.98 Å². The maximum atomic E-state index is 5.27. The minimum Gasteiger partial charge on any atom is -0.497 e. The number of halogens is 1. The number of thioether (sulfide) groups is 1. The molecular formula is C21H23BrN2O2S. The van der Waals surface area contributed by atoms with Crippen LogP contribution in [0.25, 0.3) is 0 Å². The second-order valence-corrected chi connectivity index (χ2v) is 7.40. The smallest absolute Gasteiger partial charge is 0.168 e. The van der Waals surface area contributed by atoms with Gasteiger partial charge in [-0.3, -0.25) is 0 Å². The first-order valence-electron chi connectivity index (χ1n) is 8.74. The lowest BCUT2D eigenvalue weighted by Crippen LogP contribution is -2.05. The van der Waals surface area contributed by atoms with E-state index in [2.05, 4.69) is 28.8 Å². The van der Waals surface area contributed by atoms with E-state index in [9.17, 15) is 0 Å². The summed E-state index contributed by atoms with van der Waals surface area (Å²) in [6, 6.07) is 16.6. The van der Waals surface area contributed by atoms with Crippen LogP contribution in [0.5, 0.6) is 11.5 Å². The molecule has 142 valence electrons. The van der Waals surface area contributed by atoms with Gasteiger partial charge >= 0.3 is 0 Å². The van der Waals surface area contributed by atoms with Gasteiger partial charge in [-0.15, -0.1) is 17.0 Å². The van der Waals surface area contributed by atoms with Gasteiger partial charge in [-0.1, -0.05) is 36.0 Å². The largest absolute Gasteiger partial charge is 0.497 e. The average molecular weight is 447 g/mol. The van der Waals surface area contributed by atoms with Crippen LogP contribution in [-0.2, 0) is 19.4 Å². The summed E-state index contributed by atoms with van der Waals surface area (Å²) in [4.78, 5) is 4.93. The molecule has 0 amide bonds. The Morgan fingerprint density at radius 3 is 2.00 bits per heavy atom. The van der Waals surface area contributed by atoms with Gasteiger partial charge in [-0.2, -0.15) is 0 Å². The molecule has 27 heavy (non-hydrogen) atoms. The second kappa shape index (κ2) is 8.85. The number of imidazole rings is 1. The molecule has 0 bridgehead atoms. The first kappa shape index (κ1) is 19.8. The van der Waals surface area contributed by atoms with E-state index in [4.69, 9.17) is 14.5 Å². The SMILES string of the molecule is Br.COc1ccc(Cc2nc3n(c2Cc2ccc(OC)cc2)CCS3)cc1. The fourth-order valence-electron chi connectivity index (χ4n) is 3.29. The minimum absolute atomic E-state index is 0. The van der Waals surface area contributed by atoms with Crippen LogP contribution >= 0.6 is 28.7 Å². The van der Waals surface area contributed by atoms with Gasteiger partial charge < -0.3 is 14.0 Å². The van der Waals surface area contributed by atoms with Crippen LogP contribution in [0.3, 0.4) is 0 Å². The van der Waals surface area contributed by atoms with Crippen LogP contribution in [0.2, 0.25) is 0 Å². The molecule has 6 heteroatoms. The minimum atomic E-state index is 0. The molecule has 3 aromatic rings. The quantitative estimate of drug-likeness (QED) is 0.546.